The second kappa shape index (κ2) is 6.59. The summed E-state index contributed by atoms with van der Waals surface area (Å²) in [6.07, 6.45) is 9.61. The highest BCUT2D eigenvalue weighted by molar-refractivity contribution is 5.79. The molecule has 0 spiro atoms. The van der Waals surface area contributed by atoms with Crippen LogP contribution in [-0.2, 0) is 9.59 Å². The Morgan fingerprint density at radius 1 is 0.840 bits per heavy atom. The Balaban J connectivity index is 1.30. The average Bonchev–Trinajstić information content (AvgIpc) is 2.52. The van der Waals surface area contributed by atoms with E-state index in [2.05, 4.69) is 13.8 Å². The monoisotopic (exact) mass is 346 g/mol. The fourth-order valence-electron chi connectivity index (χ4n) is 6.62. The van der Waals surface area contributed by atoms with E-state index in [9.17, 15) is 9.59 Å². The Labute approximate surface area is 152 Å². The van der Waals surface area contributed by atoms with Crippen LogP contribution >= 0.6 is 0 Å². The largest absolute Gasteiger partial charge is 0.339 e. The average molecular weight is 347 g/mol. The SMILES string of the molecule is CC(C)CC(=O)N1CCN(C(=O)CC23CC4CC(CC(C4)C2)C3)CC1. The number of piperazine rings is 1. The van der Waals surface area contributed by atoms with Crippen LogP contribution in [0.25, 0.3) is 0 Å². The van der Waals surface area contributed by atoms with E-state index >= 15 is 0 Å². The van der Waals surface area contributed by atoms with Gasteiger partial charge in [-0.05, 0) is 67.6 Å². The number of rotatable bonds is 4. The number of carbonyl (C=O) groups is 2. The van der Waals surface area contributed by atoms with Gasteiger partial charge in [0.25, 0.3) is 0 Å². The zero-order valence-corrected chi connectivity index (χ0v) is 16.0. The predicted molar refractivity (Wildman–Crippen MR) is 97.8 cm³/mol. The van der Waals surface area contributed by atoms with Crippen LogP contribution in [-0.4, -0.2) is 47.8 Å². The third-order valence-corrected chi connectivity index (χ3v) is 7.26. The molecule has 4 saturated carbocycles. The highest BCUT2D eigenvalue weighted by Crippen LogP contribution is 2.61. The number of carbonyl (C=O) groups excluding carboxylic acids is 2. The Hall–Kier alpha value is -1.06. The van der Waals surface area contributed by atoms with Gasteiger partial charge >= 0.3 is 0 Å². The number of hydrogen-bond donors (Lipinski definition) is 0. The van der Waals surface area contributed by atoms with Crippen molar-refractivity contribution in [2.45, 2.75) is 65.2 Å². The normalized spacial score (nSPS) is 37.0. The lowest BCUT2D eigenvalue weighted by Crippen LogP contribution is -2.53. The Morgan fingerprint density at radius 3 is 1.72 bits per heavy atom. The van der Waals surface area contributed by atoms with Gasteiger partial charge < -0.3 is 9.80 Å². The van der Waals surface area contributed by atoms with Crippen molar-refractivity contribution < 1.29 is 9.59 Å². The van der Waals surface area contributed by atoms with E-state index < -0.39 is 0 Å². The number of hydrogen-bond acceptors (Lipinski definition) is 2. The Bertz CT molecular complexity index is 499. The molecule has 4 heteroatoms. The molecule has 25 heavy (non-hydrogen) atoms. The van der Waals surface area contributed by atoms with Gasteiger partial charge in [-0.2, -0.15) is 0 Å². The molecule has 4 nitrogen and oxygen atoms in total. The summed E-state index contributed by atoms with van der Waals surface area (Å²) in [6, 6.07) is 0. The molecule has 5 aliphatic rings. The molecule has 0 aromatic rings. The van der Waals surface area contributed by atoms with Crippen molar-refractivity contribution in [2.24, 2.45) is 29.1 Å². The number of nitrogens with zero attached hydrogens (tertiary/aromatic N) is 2. The molecule has 140 valence electrons. The van der Waals surface area contributed by atoms with Crippen LogP contribution < -0.4 is 0 Å². The molecule has 0 atom stereocenters. The maximum absolute atomic E-state index is 13.0. The van der Waals surface area contributed by atoms with Crippen LogP contribution in [0.1, 0.15) is 65.2 Å². The molecule has 1 aliphatic heterocycles. The van der Waals surface area contributed by atoms with E-state index in [1.165, 1.54) is 38.5 Å². The van der Waals surface area contributed by atoms with Crippen LogP contribution in [0.3, 0.4) is 0 Å². The summed E-state index contributed by atoms with van der Waals surface area (Å²) in [5.74, 6) is 3.74. The van der Waals surface area contributed by atoms with Crippen LogP contribution in [0.5, 0.6) is 0 Å². The van der Waals surface area contributed by atoms with Gasteiger partial charge in [0, 0.05) is 39.0 Å². The molecular formula is C21H34N2O2. The van der Waals surface area contributed by atoms with Crippen molar-refractivity contribution in [2.75, 3.05) is 26.2 Å². The second-order valence-corrected chi connectivity index (χ2v) is 9.95. The summed E-state index contributed by atoms with van der Waals surface area (Å²) in [4.78, 5) is 29.2. The smallest absolute Gasteiger partial charge is 0.223 e. The number of amides is 2. The molecule has 0 N–H and O–H groups in total. The van der Waals surface area contributed by atoms with E-state index in [4.69, 9.17) is 0 Å². The van der Waals surface area contributed by atoms with Crippen LogP contribution in [0.2, 0.25) is 0 Å². The standard InChI is InChI=1S/C21H34N2O2/c1-15(2)7-19(24)22-3-5-23(6-4-22)20(25)14-21-11-16-8-17(12-21)10-18(9-16)13-21/h15-18H,3-14H2,1-2H3. The topological polar surface area (TPSA) is 40.6 Å². The molecule has 0 aromatic carbocycles. The molecule has 0 radical (unpaired) electrons. The van der Waals surface area contributed by atoms with E-state index in [1.807, 2.05) is 9.80 Å². The molecule has 2 amide bonds. The summed E-state index contributed by atoms with van der Waals surface area (Å²) >= 11 is 0. The zero-order chi connectivity index (χ0) is 17.6. The fraction of sp³-hybridized carbons (Fsp3) is 0.905. The molecule has 1 saturated heterocycles. The van der Waals surface area contributed by atoms with E-state index in [0.29, 0.717) is 23.7 Å². The Kier molecular flexibility index (Phi) is 4.57. The maximum Gasteiger partial charge on any atom is 0.223 e. The van der Waals surface area contributed by atoms with E-state index in [1.54, 1.807) is 0 Å². The van der Waals surface area contributed by atoms with Crippen molar-refractivity contribution in [1.82, 2.24) is 9.80 Å². The van der Waals surface area contributed by atoms with Gasteiger partial charge in [-0.3, -0.25) is 9.59 Å². The fourth-order valence-corrected chi connectivity index (χ4v) is 6.62. The minimum absolute atomic E-state index is 0.253. The van der Waals surface area contributed by atoms with Crippen LogP contribution in [0.15, 0.2) is 0 Å². The lowest BCUT2D eigenvalue weighted by molar-refractivity contribution is -0.145. The quantitative estimate of drug-likeness (QED) is 0.783. The minimum atomic E-state index is 0.253. The molecule has 4 aliphatic carbocycles. The molecule has 0 unspecified atom stereocenters. The molecule has 5 fully saturated rings. The summed E-state index contributed by atoms with van der Waals surface area (Å²) in [5, 5.41) is 0. The third-order valence-electron chi connectivity index (χ3n) is 7.26. The summed E-state index contributed by atoms with van der Waals surface area (Å²) in [6.45, 7) is 7.08. The molecule has 1 heterocycles. The maximum atomic E-state index is 13.0. The minimum Gasteiger partial charge on any atom is -0.339 e. The molecule has 0 aromatic heterocycles. The van der Waals surface area contributed by atoms with Crippen molar-refractivity contribution in [1.29, 1.82) is 0 Å². The van der Waals surface area contributed by atoms with E-state index in [-0.39, 0.29) is 5.91 Å². The van der Waals surface area contributed by atoms with Gasteiger partial charge in [-0.15, -0.1) is 0 Å². The zero-order valence-electron chi connectivity index (χ0n) is 16.0. The first-order valence-electron chi connectivity index (χ1n) is 10.5. The van der Waals surface area contributed by atoms with Crippen molar-refractivity contribution in [3.8, 4) is 0 Å². The van der Waals surface area contributed by atoms with Gasteiger partial charge in [0.15, 0.2) is 0 Å². The predicted octanol–water partition coefficient (Wildman–Crippen LogP) is 3.31. The van der Waals surface area contributed by atoms with Gasteiger partial charge in [0.1, 0.15) is 0 Å². The summed E-state index contributed by atoms with van der Waals surface area (Å²) in [7, 11) is 0. The third kappa shape index (κ3) is 3.59. The van der Waals surface area contributed by atoms with Gasteiger partial charge in [-0.25, -0.2) is 0 Å². The van der Waals surface area contributed by atoms with Gasteiger partial charge in [-0.1, -0.05) is 13.8 Å². The lowest BCUT2D eigenvalue weighted by Gasteiger charge is -2.57. The highest BCUT2D eigenvalue weighted by Gasteiger charge is 2.51. The van der Waals surface area contributed by atoms with Crippen LogP contribution in [0, 0.1) is 29.1 Å². The lowest BCUT2D eigenvalue weighted by atomic mass is 9.49. The first-order chi connectivity index (χ1) is 11.9. The highest BCUT2D eigenvalue weighted by atomic mass is 16.2. The molecule has 4 bridgehead atoms. The van der Waals surface area contributed by atoms with Gasteiger partial charge in [0.05, 0.1) is 0 Å². The molecule has 5 rings (SSSR count). The first-order valence-corrected chi connectivity index (χ1v) is 10.5. The van der Waals surface area contributed by atoms with E-state index in [0.717, 1.165) is 50.4 Å². The summed E-state index contributed by atoms with van der Waals surface area (Å²) < 4.78 is 0. The Morgan fingerprint density at radius 2 is 1.28 bits per heavy atom. The molecular weight excluding hydrogens is 312 g/mol. The van der Waals surface area contributed by atoms with Crippen molar-refractivity contribution in [3.05, 3.63) is 0 Å². The van der Waals surface area contributed by atoms with Crippen molar-refractivity contribution >= 4 is 11.8 Å². The van der Waals surface area contributed by atoms with Crippen LogP contribution in [0.4, 0.5) is 0 Å². The second-order valence-electron chi connectivity index (χ2n) is 9.95. The summed E-state index contributed by atoms with van der Waals surface area (Å²) in [5.41, 5.74) is 0.330. The van der Waals surface area contributed by atoms with Crippen molar-refractivity contribution in [3.63, 3.8) is 0 Å². The van der Waals surface area contributed by atoms with Gasteiger partial charge in [0.2, 0.25) is 11.8 Å². The first kappa shape index (κ1) is 17.4.